The Labute approximate surface area is 134 Å². The molecule has 1 aromatic rings. The number of carbonyl (C=O) groups is 2. The number of rotatable bonds is 2. The average molecular weight is 380 g/mol. The molecule has 0 aromatic heterocycles. The number of hydrogen-bond acceptors (Lipinski definition) is 2. The molecule has 8 heteroatoms. The van der Waals surface area contributed by atoms with E-state index in [4.69, 9.17) is 16.7 Å². The van der Waals surface area contributed by atoms with Crippen molar-refractivity contribution in [2.75, 3.05) is 18.4 Å². The van der Waals surface area contributed by atoms with Crippen molar-refractivity contribution in [3.8, 4) is 0 Å². The smallest absolute Gasteiger partial charge is 0.321 e. The van der Waals surface area contributed by atoms with Crippen LogP contribution in [-0.4, -0.2) is 35.1 Å². The predicted octanol–water partition coefficient (Wildman–Crippen LogP) is 3.43. The minimum atomic E-state index is -0.918. The summed E-state index contributed by atoms with van der Waals surface area (Å²) in [4.78, 5) is 24.6. The molecule has 0 radical (unpaired) electrons. The summed E-state index contributed by atoms with van der Waals surface area (Å²) < 4.78 is 13.5. The highest BCUT2D eigenvalue weighted by Gasteiger charge is 2.37. The summed E-state index contributed by atoms with van der Waals surface area (Å²) in [6.45, 7) is 2.27. The number of halogens is 3. The lowest BCUT2D eigenvalue weighted by Gasteiger charge is -2.18. The van der Waals surface area contributed by atoms with E-state index in [2.05, 4.69) is 21.2 Å². The quantitative estimate of drug-likeness (QED) is 0.827. The molecule has 114 valence electrons. The summed E-state index contributed by atoms with van der Waals surface area (Å²) in [5, 5.41) is 11.7. The Morgan fingerprint density at radius 1 is 1.48 bits per heavy atom. The van der Waals surface area contributed by atoms with E-state index in [1.54, 1.807) is 6.92 Å². The number of aliphatic carboxylic acids is 1. The zero-order valence-corrected chi connectivity index (χ0v) is 13.4. The maximum atomic E-state index is 13.1. The van der Waals surface area contributed by atoms with E-state index in [-0.39, 0.29) is 23.2 Å². The number of likely N-dealkylation sites (tertiary alicyclic amines) is 1. The van der Waals surface area contributed by atoms with Gasteiger partial charge in [0.05, 0.1) is 16.6 Å². The van der Waals surface area contributed by atoms with Crippen LogP contribution < -0.4 is 5.32 Å². The van der Waals surface area contributed by atoms with E-state index in [0.29, 0.717) is 11.0 Å². The van der Waals surface area contributed by atoms with Gasteiger partial charge in [-0.1, -0.05) is 18.5 Å². The molecule has 1 aromatic carbocycles. The van der Waals surface area contributed by atoms with Gasteiger partial charge in [0.15, 0.2) is 0 Å². The monoisotopic (exact) mass is 378 g/mol. The summed E-state index contributed by atoms with van der Waals surface area (Å²) in [7, 11) is 0. The van der Waals surface area contributed by atoms with Crippen LogP contribution in [0.2, 0.25) is 5.02 Å². The van der Waals surface area contributed by atoms with Crippen molar-refractivity contribution in [2.45, 2.75) is 6.92 Å². The lowest BCUT2D eigenvalue weighted by Crippen LogP contribution is -2.34. The Morgan fingerprint density at radius 2 is 2.14 bits per heavy atom. The molecular weight excluding hydrogens is 367 g/mol. The summed E-state index contributed by atoms with van der Waals surface area (Å²) in [5.41, 5.74) is 0.259. The first-order chi connectivity index (χ1) is 9.79. The van der Waals surface area contributed by atoms with Crippen LogP contribution in [0.4, 0.5) is 14.9 Å². The van der Waals surface area contributed by atoms with Gasteiger partial charge in [-0.05, 0) is 34.0 Å². The van der Waals surface area contributed by atoms with Gasteiger partial charge in [0.2, 0.25) is 0 Å². The van der Waals surface area contributed by atoms with E-state index in [9.17, 15) is 14.0 Å². The Bertz CT molecular complexity index is 576. The van der Waals surface area contributed by atoms with E-state index in [0.717, 1.165) is 6.07 Å². The van der Waals surface area contributed by atoms with Crippen molar-refractivity contribution < 1.29 is 19.1 Å². The van der Waals surface area contributed by atoms with Crippen LogP contribution in [0.3, 0.4) is 0 Å². The standard InChI is InChI=1S/C13H13BrClFN2O3/c1-6-4-18(5-8(6)12(19)20)13(21)17-11-9(14)2-7(16)3-10(11)15/h2-3,6,8H,4-5H2,1H3,(H,17,21)(H,19,20)/t6-,8-/m1/s1. The summed E-state index contributed by atoms with van der Waals surface area (Å²) >= 11 is 9.03. The molecule has 1 aliphatic rings. The van der Waals surface area contributed by atoms with Crippen LogP contribution >= 0.6 is 27.5 Å². The zero-order valence-electron chi connectivity index (χ0n) is 11.1. The third-order valence-corrected chi connectivity index (χ3v) is 4.38. The van der Waals surface area contributed by atoms with Gasteiger partial charge < -0.3 is 15.3 Å². The third-order valence-electron chi connectivity index (χ3n) is 3.46. The highest BCUT2D eigenvalue weighted by Crippen LogP contribution is 2.32. The van der Waals surface area contributed by atoms with Crippen molar-refractivity contribution in [3.63, 3.8) is 0 Å². The molecule has 0 bridgehead atoms. The number of nitrogens with one attached hydrogen (secondary N) is 1. The van der Waals surface area contributed by atoms with Crippen LogP contribution in [0.1, 0.15) is 6.92 Å². The molecule has 1 aliphatic heterocycles. The molecule has 0 saturated carbocycles. The zero-order chi connectivity index (χ0) is 15.7. The predicted molar refractivity (Wildman–Crippen MR) is 80.0 cm³/mol. The van der Waals surface area contributed by atoms with Gasteiger partial charge in [0.25, 0.3) is 0 Å². The second kappa shape index (κ2) is 6.19. The molecule has 2 amide bonds. The van der Waals surface area contributed by atoms with Crippen LogP contribution in [0.15, 0.2) is 16.6 Å². The normalized spacial score (nSPS) is 21.4. The van der Waals surface area contributed by atoms with Crippen molar-refractivity contribution in [1.82, 2.24) is 4.90 Å². The van der Waals surface area contributed by atoms with Gasteiger partial charge >= 0.3 is 12.0 Å². The Hall–Kier alpha value is -1.34. The number of carbonyl (C=O) groups excluding carboxylic acids is 1. The first-order valence-corrected chi connectivity index (χ1v) is 7.40. The van der Waals surface area contributed by atoms with Gasteiger partial charge in [-0.25, -0.2) is 9.18 Å². The highest BCUT2D eigenvalue weighted by atomic mass is 79.9. The van der Waals surface area contributed by atoms with E-state index in [1.165, 1.54) is 11.0 Å². The lowest BCUT2D eigenvalue weighted by molar-refractivity contribution is -0.142. The number of carboxylic acids is 1. The van der Waals surface area contributed by atoms with Crippen molar-refractivity contribution in [1.29, 1.82) is 0 Å². The molecule has 0 aliphatic carbocycles. The first kappa shape index (κ1) is 16.0. The second-order valence-corrected chi connectivity index (χ2v) is 6.26. The Morgan fingerprint density at radius 3 is 2.67 bits per heavy atom. The molecule has 1 fully saturated rings. The Kier molecular flexibility index (Phi) is 4.73. The molecule has 5 nitrogen and oxygen atoms in total. The average Bonchev–Trinajstić information content (AvgIpc) is 2.75. The first-order valence-electron chi connectivity index (χ1n) is 6.23. The molecule has 21 heavy (non-hydrogen) atoms. The maximum Gasteiger partial charge on any atom is 0.321 e. The largest absolute Gasteiger partial charge is 0.481 e. The number of hydrogen-bond donors (Lipinski definition) is 2. The number of anilines is 1. The number of carboxylic acid groups (broad SMARTS) is 1. The second-order valence-electron chi connectivity index (χ2n) is 5.00. The fraction of sp³-hybridized carbons (Fsp3) is 0.385. The van der Waals surface area contributed by atoms with Crippen LogP contribution in [0.25, 0.3) is 0 Å². The molecule has 2 N–H and O–H groups in total. The van der Waals surface area contributed by atoms with Crippen molar-refractivity contribution >= 4 is 45.2 Å². The maximum absolute atomic E-state index is 13.1. The van der Waals surface area contributed by atoms with Crippen molar-refractivity contribution in [3.05, 3.63) is 27.4 Å². The molecular formula is C13H13BrClFN2O3. The lowest BCUT2D eigenvalue weighted by atomic mass is 9.99. The fourth-order valence-electron chi connectivity index (χ4n) is 2.30. The van der Waals surface area contributed by atoms with Crippen LogP contribution in [0.5, 0.6) is 0 Å². The van der Waals surface area contributed by atoms with Crippen LogP contribution in [-0.2, 0) is 4.79 Å². The van der Waals surface area contributed by atoms with Crippen molar-refractivity contribution in [2.24, 2.45) is 11.8 Å². The number of urea groups is 1. The number of benzene rings is 1. The molecule has 1 heterocycles. The molecule has 2 rings (SSSR count). The van der Waals surface area contributed by atoms with Gasteiger partial charge in [0.1, 0.15) is 5.82 Å². The van der Waals surface area contributed by atoms with E-state index < -0.39 is 23.7 Å². The minimum Gasteiger partial charge on any atom is -0.481 e. The minimum absolute atomic E-state index is 0.0669. The van der Waals surface area contributed by atoms with Crippen LogP contribution in [0, 0.1) is 17.7 Å². The topological polar surface area (TPSA) is 69.6 Å². The summed E-state index contributed by atoms with van der Waals surface area (Å²) in [6.07, 6.45) is 0. The summed E-state index contributed by atoms with van der Waals surface area (Å²) in [6, 6.07) is 1.82. The molecule has 0 unspecified atom stereocenters. The molecule has 2 atom stereocenters. The highest BCUT2D eigenvalue weighted by molar-refractivity contribution is 9.10. The third kappa shape index (κ3) is 3.47. The number of amides is 2. The summed E-state index contributed by atoms with van der Waals surface area (Å²) in [5.74, 6) is -2.15. The number of nitrogens with zero attached hydrogens (tertiary/aromatic N) is 1. The van der Waals surface area contributed by atoms with E-state index in [1.807, 2.05) is 0 Å². The van der Waals surface area contributed by atoms with E-state index >= 15 is 0 Å². The molecule has 0 spiro atoms. The van der Waals surface area contributed by atoms with Gasteiger partial charge in [-0.15, -0.1) is 0 Å². The SMILES string of the molecule is C[C@@H]1CN(C(=O)Nc2c(Cl)cc(F)cc2Br)C[C@H]1C(=O)O. The van der Waals surface area contributed by atoms with Gasteiger partial charge in [0, 0.05) is 17.6 Å². The fourth-order valence-corrected chi connectivity index (χ4v) is 3.20. The Balaban J connectivity index is 2.11. The van der Waals surface area contributed by atoms with Gasteiger partial charge in [-0.3, -0.25) is 4.79 Å². The molecule has 1 saturated heterocycles. The van der Waals surface area contributed by atoms with Gasteiger partial charge in [-0.2, -0.15) is 0 Å².